The van der Waals surface area contributed by atoms with Crippen molar-refractivity contribution in [1.29, 1.82) is 0 Å². The van der Waals surface area contributed by atoms with Gasteiger partial charge >= 0.3 is 0 Å². The lowest BCUT2D eigenvalue weighted by atomic mass is 9.99. The number of fused-ring (bicyclic) bond motifs is 1. The van der Waals surface area contributed by atoms with Gasteiger partial charge in [0, 0.05) is 11.4 Å². The molecule has 90 valence electrons. The molecular weight excluding hydrogens is 218 g/mol. The predicted octanol–water partition coefficient (Wildman–Crippen LogP) is 3.27. The Kier molecular flexibility index (Phi) is 4.00. The molecule has 0 amide bonds. The Balaban J connectivity index is 2.10. The fourth-order valence-electron chi connectivity index (χ4n) is 2.30. The summed E-state index contributed by atoms with van der Waals surface area (Å²) >= 11 is 1.86. The molecule has 1 N–H and O–H groups in total. The maximum Gasteiger partial charge on any atom is 0.0895 e. The minimum atomic E-state index is 0.281. The van der Waals surface area contributed by atoms with Crippen LogP contribution >= 0.6 is 11.3 Å². The van der Waals surface area contributed by atoms with Crippen molar-refractivity contribution in [3.8, 4) is 0 Å². The third-order valence-electron chi connectivity index (χ3n) is 3.05. The van der Waals surface area contributed by atoms with Crippen LogP contribution in [-0.2, 0) is 17.7 Å². The van der Waals surface area contributed by atoms with E-state index < -0.39 is 0 Å². The van der Waals surface area contributed by atoms with Crippen LogP contribution in [0.3, 0.4) is 0 Å². The van der Waals surface area contributed by atoms with Gasteiger partial charge in [-0.15, -0.1) is 11.3 Å². The largest absolute Gasteiger partial charge is 0.370 e. The summed E-state index contributed by atoms with van der Waals surface area (Å²) in [5.41, 5.74) is 3.02. The van der Waals surface area contributed by atoms with Crippen molar-refractivity contribution in [2.75, 3.05) is 6.54 Å². The zero-order chi connectivity index (χ0) is 11.5. The molecule has 1 aromatic rings. The Hall–Kier alpha value is -0.380. The topological polar surface area (TPSA) is 21.3 Å². The van der Waals surface area contributed by atoms with E-state index in [9.17, 15) is 0 Å². The summed E-state index contributed by atoms with van der Waals surface area (Å²) in [5, 5.41) is 5.78. The number of rotatable bonds is 4. The lowest BCUT2D eigenvalue weighted by Crippen LogP contribution is -2.22. The van der Waals surface area contributed by atoms with Crippen molar-refractivity contribution in [2.45, 2.75) is 52.4 Å². The monoisotopic (exact) mass is 239 g/mol. The molecule has 1 aromatic heterocycles. The van der Waals surface area contributed by atoms with Gasteiger partial charge in [-0.3, -0.25) is 0 Å². The van der Waals surface area contributed by atoms with E-state index in [1.54, 1.807) is 5.56 Å². The minimum Gasteiger partial charge on any atom is -0.370 e. The molecule has 2 unspecified atom stereocenters. The SMILES string of the molecule is CCCNCc1csc2c1CC(C)OC2C. The number of nitrogens with one attached hydrogen (secondary N) is 1. The predicted molar refractivity (Wildman–Crippen MR) is 69.0 cm³/mol. The first-order valence-corrected chi connectivity index (χ1v) is 7.05. The van der Waals surface area contributed by atoms with Crippen LogP contribution in [0.2, 0.25) is 0 Å². The minimum absolute atomic E-state index is 0.281. The van der Waals surface area contributed by atoms with E-state index in [0.717, 1.165) is 19.5 Å². The Morgan fingerprint density at radius 2 is 2.31 bits per heavy atom. The second-order valence-corrected chi connectivity index (χ2v) is 5.48. The van der Waals surface area contributed by atoms with Crippen molar-refractivity contribution in [1.82, 2.24) is 5.32 Å². The van der Waals surface area contributed by atoms with E-state index in [0.29, 0.717) is 6.10 Å². The highest BCUT2D eigenvalue weighted by atomic mass is 32.1. The highest BCUT2D eigenvalue weighted by Gasteiger charge is 2.25. The quantitative estimate of drug-likeness (QED) is 0.814. The molecule has 0 radical (unpaired) electrons. The maximum atomic E-state index is 5.84. The number of ether oxygens (including phenoxy) is 1. The number of hydrogen-bond donors (Lipinski definition) is 1. The van der Waals surface area contributed by atoms with Crippen LogP contribution in [0.15, 0.2) is 5.38 Å². The first kappa shape index (κ1) is 12.1. The van der Waals surface area contributed by atoms with Crippen LogP contribution in [-0.4, -0.2) is 12.6 Å². The van der Waals surface area contributed by atoms with E-state index in [2.05, 4.69) is 31.5 Å². The average molecular weight is 239 g/mol. The van der Waals surface area contributed by atoms with Gasteiger partial charge in [0.1, 0.15) is 0 Å². The molecule has 2 atom stereocenters. The van der Waals surface area contributed by atoms with Gasteiger partial charge in [0.25, 0.3) is 0 Å². The highest BCUT2D eigenvalue weighted by Crippen LogP contribution is 2.36. The van der Waals surface area contributed by atoms with E-state index in [1.165, 1.54) is 16.9 Å². The molecule has 0 aromatic carbocycles. The lowest BCUT2D eigenvalue weighted by molar-refractivity contribution is -0.00237. The number of thiophene rings is 1. The molecule has 0 spiro atoms. The van der Waals surface area contributed by atoms with Gasteiger partial charge in [-0.05, 0) is 49.7 Å². The molecule has 0 saturated carbocycles. The standard InChI is InChI=1S/C13H21NOS/c1-4-5-14-7-11-8-16-13-10(3)15-9(2)6-12(11)13/h8-10,14H,4-7H2,1-3H3. The average Bonchev–Trinajstić information content (AvgIpc) is 2.62. The van der Waals surface area contributed by atoms with E-state index in [1.807, 2.05) is 11.3 Å². The van der Waals surface area contributed by atoms with E-state index in [4.69, 9.17) is 4.74 Å². The van der Waals surface area contributed by atoms with Crippen LogP contribution in [0, 0.1) is 0 Å². The molecule has 0 saturated heterocycles. The Bertz CT molecular complexity index is 348. The second kappa shape index (κ2) is 5.30. The van der Waals surface area contributed by atoms with Crippen LogP contribution in [0.5, 0.6) is 0 Å². The lowest BCUT2D eigenvalue weighted by Gasteiger charge is -2.26. The zero-order valence-corrected chi connectivity index (χ0v) is 11.2. The first-order chi connectivity index (χ1) is 7.72. The van der Waals surface area contributed by atoms with Crippen molar-refractivity contribution in [2.24, 2.45) is 0 Å². The Labute approximate surface area is 102 Å². The summed E-state index contributed by atoms with van der Waals surface area (Å²) in [6, 6.07) is 0. The maximum absolute atomic E-state index is 5.84. The summed E-state index contributed by atoms with van der Waals surface area (Å²) in [4.78, 5) is 1.44. The summed E-state index contributed by atoms with van der Waals surface area (Å²) in [6.07, 6.45) is 2.92. The molecule has 2 nitrogen and oxygen atoms in total. The van der Waals surface area contributed by atoms with E-state index in [-0.39, 0.29) is 6.10 Å². The molecule has 0 fully saturated rings. The van der Waals surface area contributed by atoms with Crippen LogP contribution in [0.1, 0.15) is 49.3 Å². The normalized spacial score (nSPS) is 24.4. The fraction of sp³-hybridized carbons (Fsp3) is 0.692. The third kappa shape index (κ3) is 2.47. The molecule has 16 heavy (non-hydrogen) atoms. The van der Waals surface area contributed by atoms with Crippen molar-refractivity contribution in [3.63, 3.8) is 0 Å². The van der Waals surface area contributed by atoms with Gasteiger partial charge in [0.15, 0.2) is 0 Å². The summed E-state index contributed by atoms with van der Waals surface area (Å²) < 4.78 is 5.84. The zero-order valence-electron chi connectivity index (χ0n) is 10.4. The van der Waals surface area contributed by atoms with Gasteiger partial charge in [0.2, 0.25) is 0 Å². The molecule has 0 bridgehead atoms. The van der Waals surface area contributed by atoms with Crippen LogP contribution < -0.4 is 5.32 Å². The van der Waals surface area contributed by atoms with Gasteiger partial charge in [0.05, 0.1) is 12.2 Å². The summed E-state index contributed by atoms with van der Waals surface area (Å²) in [7, 11) is 0. The van der Waals surface area contributed by atoms with E-state index >= 15 is 0 Å². The van der Waals surface area contributed by atoms with Crippen molar-refractivity contribution >= 4 is 11.3 Å². The molecule has 1 aliphatic heterocycles. The van der Waals surface area contributed by atoms with Gasteiger partial charge in [-0.25, -0.2) is 0 Å². The molecule has 2 rings (SSSR count). The van der Waals surface area contributed by atoms with Crippen LogP contribution in [0.4, 0.5) is 0 Å². The van der Waals surface area contributed by atoms with Crippen LogP contribution in [0.25, 0.3) is 0 Å². The highest BCUT2D eigenvalue weighted by molar-refractivity contribution is 7.10. The second-order valence-electron chi connectivity index (χ2n) is 4.57. The summed E-state index contributed by atoms with van der Waals surface area (Å²) in [5.74, 6) is 0. The van der Waals surface area contributed by atoms with Gasteiger partial charge in [-0.1, -0.05) is 6.92 Å². The smallest absolute Gasteiger partial charge is 0.0895 e. The Morgan fingerprint density at radius 3 is 3.06 bits per heavy atom. The molecule has 1 aliphatic rings. The molecular formula is C13H21NOS. The van der Waals surface area contributed by atoms with Gasteiger partial charge < -0.3 is 10.1 Å². The number of hydrogen-bond acceptors (Lipinski definition) is 3. The molecule has 0 aliphatic carbocycles. The van der Waals surface area contributed by atoms with Gasteiger partial charge in [-0.2, -0.15) is 0 Å². The fourth-order valence-corrected chi connectivity index (χ4v) is 3.40. The molecule has 2 heterocycles. The Morgan fingerprint density at radius 1 is 1.50 bits per heavy atom. The first-order valence-electron chi connectivity index (χ1n) is 6.17. The van der Waals surface area contributed by atoms with Crippen molar-refractivity contribution in [3.05, 3.63) is 21.4 Å². The summed E-state index contributed by atoms with van der Waals surface area (Å²) in [6.45, 7) is 8.65. The van der Waals surface area contributed by atoms with Crippen molar-refractivity contribution < 1.29 is 4.74 Å². The molecule has 3 heteroatoms. The third-order valence-corrected chi connectivity index (χ3v) is 4.29.